The molecule has 0 aromatic heterocycles. The van der Waals surface area contributed by atoms with Crippen molar-refractivity contribution in [1.29, 1.82) is 0 Å². The topological polar surface area (TPSA) is 53.1 Å². The highest BCUT2D eigenvalue weighted by Gasteiger charge is 2.37. The third-order valence-electron chi connectivity index (χ3n) is 6.24. The Morgan fingerprint density at radius 1 is 0.912 bits per heavy atom. The Hall–Kier alpha value is -3.12. The van der Waals surface area contributed by atoms with Crippen LogP contribution >= 0.6 is 0 Å². The van der Waals surface area contributed by atoms with E-state index in [0.29, 0.717) is 18.7 Å². The number of rotatable bonds is 3. The van der Waals surface area contributed by atoms with E-state index in [2.05, 4.69) is 30.9 Å². The maximum atomic E-state index is 13.5. The first kappa shape index (κ1) is 24.0. The fourth-order valence-electron chi connectivity index (χ4n) is 4.69. The van der Waals surface area contributed by atoms with Crippen molar-refractivity contribution in [3.63, 3.8) is 0 Å². The molecule has 4 rings (SSSR count). The summed E-state index contributed by atoms with van der Waals surface area (Å²) in [4.78, 5) is 32.0. The maximum absolute atomic E-state index is 13.5. The van der Waals surface area contributed by atoms with Gasteiger partial charge >= 0.3 is 6.09 Å². The van der Waals surface area contributed by atoms with Crippen LogP contribution in [0.4, 0.5) is 10.5 Å². The van der Waals surface area contributed by atoms with E-state index in [4.69, 9.17) is 4.74 Å². The van der Waals surface area contributed by atoms with Gasteiger partial charge in [0, 0.05) is 43.9 Å². The second-order valence-corrected chi connectivity index (χ2v) is 10.6. The number of para-hydroxylation sites is 1. The minimum atomic E-state index is -0.487. The van der Waals surface area contributed by atoms with E-state index in [0.717, 1.165) is 30.9 Å². The molecule has 0 spiro atoms. The molecule has 0 atom stereocenters. The average Bonchev–Trinajstić information content (AvgIpc) is 2.78. The fourth-order valence-corrected chi connectivity index (χ4v) is 4.69. The molecule has 2 aromatic rings. The van der Waals surface area contributed by atoms with Crippen LogP contribution in [0.1, 0.15) is 50.5 Å². The van der Waals surface area contributed by atoms with Crippen LogP contribution in [0, 0.1) is 0 Å². The molecule has 6 nitrogen and oxygen atoms in total. The molecule has 0 saturated carbocycles. The van der Waals surface area contributed by atoms with Gasteiger partial charge in [-0.15, -0.1) is 0 Å². The zero-order chi connectivity index (χ0) is 24.5. The van der Waals surface area contributed by atoms with Gasteiger partial charge < -0.3 is 9.64 Å². The maximum Gasteiger partial charge on any atom is 0.410 e. The van der Waals surface area contributed by atoms with E-state index >= 15 is 0 Å². The van der Waals surface area contributed by atoms with E-state index in [-0.39, 0.29) is 12.0 Å². The standard InChI is InChI=1S/C28H35N3O3/c1-27(2,3)34-26(33)30-17-15-29(16-18-30)20-22-19-28(4,5)31(24-14-10-9-13-23(22)24)25(32)21-11-7-6-8-12-21/h6-14,19H,15-18,20H2,1-5H3. The first-order valence-electron chi connectivity index (χ1n) is 12.0. The molecule has 6 heteroatoms. The van der Waals surface area contributed by atoms with Crippen LogP contribution in [-0.4, -0.2) is 65.7 Å². The molecule has 2 aliphatic heterocycles. The number of hydrogen-bond donors (Lipinski definition) is 0. The van der Waals surface area contributed by atoms with Crippen LogP contribution in [0.2, 0.25) is 0 Å². The summed E-state index contributed by atoms with van der Waals surface area (Å²) in [6, 6.07) is 17.6. The molecule has 180 valence electrons. The first-order valence-corrected chi connectivity index (χ1v) is 12.0. The number of carbonyl (C=O) groups is 2. The number of amides is 2. The Morgan fingerprint density at radius 3 is 2.18 bits per heavy atom. The summed E-state index contributed by atoms with van der Waals surface area (Å²) >= 11 is 0. The molecule has 1 saturated heterocycles. The predicted octanol–water partition coefficient (Wildman–Crippen LogP) is 5.06. The van der Waals surface area contributed by atoms with Gasteiger partial charge in [-0.2, -0.15) is 0 Å². The van der Waals surface area contributed by atoms with E-state index in [1.165, 1.54) is 5.57 Å². The van der Waals surface area contributed by atoms with Crippen molar-refractivity contribution in [3.05, 3.63) is 71.8 Å². The van der Waals surface area contributed by atoms with Crippen molar-refractivity contribution in [2.45, 2.75) is 45.8 Å². The number of anilines is 1. The number of benzene rings is 2. The largest absolute Gasteiger partial charge is 0.444 e. The van der Waals surface area contributed by atoms with E-state index < -0.39 is 11.1 Å². The third kappa shape index (κ3) is 5.17. The summed E-state index contributed by atoms with van der Waals surface area (Å²) in [6.07, 6.45) is 1.97. The van der Waals surface area contributed by atoms with Crippen LogP contribution in [0.5, 0.6) is 0 Å². The van der Waals surface area contributed by atoms with Crippen molar-refractivity contribution in [2.24, 2.45) is 0 Å². The van der Waals surface area contributed by atoms with Gasteiger partial charge in [0.05, 0.1) is 11.2 Å². The van der Waals surface area contributed by atoms with Crippen LogP contribution in [-0.2, 0) is 4.74 Å². The number of carbonyl (C=O) groups excluding carboxylic acids is 2. The Morgan fingerprint density at radius 2 is 1.53 bits per heavy atom. The lowest BCUT2D eigenvalue weighted by atomic mass is 9.87. The Balaban J connectivity index is 1.52. The molecule has 2 aromatic carbocycles. The summed E-state index contributed by atoms with van der Waals surface area (Å²) < 4.78 is 5.53. The highest BCUT2D eigenvalue weighted by molar-refractivity contribution is 6.10. The molecule has 2 amide bonds. The zero-order valence-electron chi connectivity index (χ0n) is 20.9. The third-order valence-corrected chi connectivity index (χ3v) is 6.24. The summed E-state index contributed by atoms with van der Waals surface area (Å²) in [5.74, 6) is -0.000625. The highest BCUT2D eigenvalue weighted by Crippen LogP contribution is 2.40. The van der Waals surface area contributed by atoms with Crippen LogP contribution in [0.15, 0.2) is 60.7 Å². The van der Waals surface area contributed by atoms with Gasteiger partial charge in [0.2, 0.25) is 0 Å². The molecule has 0 aliphatic carbocycles. The second-order valence-electron chi connectivity index (χ2n) is 10.6. The summed E-state index contributed by atoms with van der Waals surface area (Å²) in [5.41, 5.74) is 2.95. The quantitative estimate of drug-likeness (QED) is 0.641. The second kappa shape index (κ2) is 9.26. The number of hydrogen-bond acceptors (Lipinski definition) is 4. The minimum Gasteiger partial charge on any atom is -0.444 e. The van der Waals surface area contributed by atoms with Gasteiger partial charge in [-0.05, 0) is 58.4 Å². The molecule has 2 aliphatic rings. The molecule has 34 heavy (non-hydrogen) atoms. The number of ether oxygens (including phenoxy) is 1. The van der Waals surface area contributed by atoms with Crippen molar-refractivity contribution >= 4 is 23.3 Å². The predicted molar refractivity (Wildman–Crippen MR) is 136 cm³/mol. The molecule has 0 radical (unpaired) electrons. The molecular weight excluding hydrogens is 426 g/mol. The van der Waals surface area contributed by atoms with Crippen molar-refractivity contribution in [3.8, 4) is 0 Å². The molecular formula is C28H35N3O3. The normalized spacial score (nSPS) is 18.2. The highest BCUT2D eigenvalue weighted by atomic mass is 16.6. The first-order chi connectivity index (χ1) is 16.0. The molecule has 0 N–H and O–H groups in total. The number of nitrogens with zero attached hydrogens (tertiary/aromatic N) is 3. The number of fused-ring (bicyclic) bond motifs is 1. The van der Waals surface area contributed by atoms with Crippen molar-refractivity contribution in [1.82, 2.24) is 9.80 Å². The summed E-state index contributed by atoms with van der Waals surface area (Å²) in [5, 5.41) is 0. The van der Waals surface area contributed by atoms with Gasteiger partial charge in [0.1, 0.15) is 5.60 Å². The lowest BCUT2D eigenvalue weighted by Crippen LogP contribution is -2.51. The average molecular weight is 462 g/mol. The number of piperazine rings is 1. The minimum absolute atomic E-state index is 0.000625. The Bertz CT molecular complexity index is 1080. The molecule has 0 unspecified atom stereocenters. The molecule has 2 heterocycles. The Labute approximate surface area is 202 Å². The molecule has 0 bridgehead atoms. The van der Waals surface area contributed by atoms with E-state index in [1.807, 2.05) is 74.2 Å². The lowest BCUT2D eigenvalue weighted by Gasteiger charge is -2.43. The SMILES string of the molecule is CC(C)(C)OC(=O)N1CCN(CC2=CC(C)(C)N(C(=O)c3ccccc3)c3ccccc32)CC1. The van der Waals surface area contributed by atoms with Crippen molar-refractivity contribution < 1.29 is 14.3 Å². The van der Waals surface area contributed by atoms with Crippen molar-refractivity contribution in [2.75, 3.05) is 37.6 Å². The van der Waals surface area contributed by atoms with Gasteiger partial charge in [-0.25, -0.2) is 4.79 Å². The van der Waals surface area contributed by atoms with Crippen LogP contribution in [0.3, 0.4) is 0 Å². The van der Waals surface area contributed by atoms with Crippen LogP contribution < -0.4 is 4.90 Å². The monoisotopic (exact) mass is 461 g/mol. The van der Waals surface area contributed by atoms with Gasteiger partial charge in [0.15, 0.2) is 0 Å². The molecule has 1 fully saturated rings. The Kier molecular flexibility index (Phi) is 6.54. The summed E-state index contributed by atoms with van der Waals surface area (Å²) in [7, 11) is 0. The smallest absolute Gasteiger partial charge is 0.410 e. The summed E-state index contributed by atoms with van der Waals surface area (Å²) in [6.45, 7) is 13.5. The van der Waals surface area contributed by atoms with Crippen LogP contribution in [0.25, 0.3) is 5.57 Å². The van der Waals surface area contributed by atoms with E-state index in [1.54, 1.807) is 4.90 Å². The van der Waals surface area contributed by atoms with Gasteiger partial charge in [-0.3, -0.25) is 14.6 Å². The lowest BCUT2D eigenvalue weighted by molar-refractivity contribution is 0.0155. The fraction of sp³-hybridized carbons (Fsp3) is 0.429. The zero-order valence-corrected chi connectivity index (χ0v) is 20.9. The van der Waals surface area contributed by atoms with Gasteiger partial charge in [-0.1, -0.05) is 42.5 Å². The van der Waals surface area contributed by atoms with Gasteiger partial charge in [0.25, 0.3) is 5.91 Å². The van der Waals surface area contributed by atoms with E-state index in [9.17, 15) is 9.59 Å².